The van der Waals surface area contributed by atoms with E-state index in [1.165, 1.54) is 13.1 Å². The summed E-state index contributed by atoms with van der Waals surface area (Å²) in [6.07, 6.45) is -0.811. The highest BCUT2D eigenvalue weighted by Gasteiger charge is 2.18. The largest absolute Gasteiger partial charge is 0.481 e. The molecule has 2 N–H and O–H groups in total. The zero-order valence-corrected chi connectivity index (χ0v) is 15.4. The van der Waals surface area contributed by atoms with E-state index >= 15 is 0 Å². The summed E-state index contributed by atoms with van der Waals surface area (Å²) in [6.45, 7) is 3.25. The summed E-state index contributed by atoms with van der Waals surface area (Å²) in [7, 11) is -2.29. The summed E-state index contributed by atoms with van der Waals surface area (Å²) in [5, 5.41) is 11.4. The molecule has 0 aromatic heterocycles. The first-order valence-electron chi connectivity index (χ1n) is 7.78. The van der Waals surface area contributed by atoms with E-state index in [0.717, 1.165) is 0 Å². The standard InChI is InChI=1S/C18H19N3O4S/c1-12-4-7-15(10-17(12)26(23,24)20-3)21-18(22)13(2)25-16-8-5-14(11-19)6-9-16/h4-10,13,20H,1-3H3,(H,21,22). The van der Waals surface area contributed by atoms with Crippen LogP contribution in [0.3, 0.4) is 0 Å². The molecule has 0 aliphatic rings. The smallest absolute Gasteiger partial charge is 0.265 e. The Bertz CT molecular complexity index is 947. The number of nitrogens with one attached hydrogen (secondary N) is 2. The Morgan fingerprint density at radius 1 is 1.19 bits per heavy atom. The number of anilines is 1. The van der Waals surface area contributed by atoms with Crippen molar-refractivity contribution >= 4 is 21.6 Å². The van der Waals surface area contributed by atoms with E-state index in [1.54, 1.807) is 50.2 Å². The van der Waals surface area contributed by atoms with Gasteiger partial charge in [0.1, 0.15) is 5.75 Å². The van der Waals surface area contributed by atoms with E-state index in [-0.39, 0.29) is 4.90 Å². The lowest BCUT2D eigenvalue weighted by Crippen LogP contribution is -2.30. The van der Waals surface area contributed by atoms with Crippen LogP contribution in [-0.2, 0) is 14.8 Å². The highest BCUT2D eigenvalue weighted by molar-refractivity contribution is 7.89. The van der Waals surface area contributed by atoms with Crippen LogP contribution < -0.4 is 14.8 Å². The van der Waals surface area contributed by atoms with Gasteiger partial charge in [0.25, 0.3) is 5.91 Å². The molecule has 2 aromatic carbocycles. The van der Waals surface area contributed by atoms with Gasteiger partial charge in [0.2, 0.25) is 10.0 Å². The third kappa shape index (κ3) is 4.59. The minimum atomic E-state index is -3.62. The molecule has 2 aromatic rings. The predicted octanol–water partition coefficient (Wildman–Crippen LogP) is 2.18. The molecule has 0 aliphatic carbocycles. The molecule has 0 heterocycles. The maximum atomic E-state index is 12.3. The van der Waals surface area contributed by atoms with Crippen molar-refractivity contribution < 1.29 is 17.9 Å². The number of sulfonamides is 1. The third-order valence-corrected chi connectivity index (χ3v) is 5.24. The van der Waals surface area contributed by atoms with Crippen LogP contribution in [0.15, 0.2) is 47.4 Å². The van der Waals surface area contributed by atoms with Crippen LogP contribution in [0.4, 0.5) is 5.69 Å². The molecule has 26 heavy (non-hydrogen) atoms. The molecule has 7 nitrogen and oxygen atoms in total. The fourth-order valence-electron chi connectivity index (χ4n) is 2.19. The first-order valence-corrected chi connectivity index (χ1v) is 9.27. The molecular formula is C18H19N3O4S. The second-order valence-corrected chi connectivity index (χ2v) is 7.43. The van der Waals surface area contributed by atoms with E-state index in [9.17, 15) is 13.2 Å². The molecule has 0 saturated carbocycles. The molecule has 1 amide bonds. The Morgan fingerprint density at radius 3 is 2.42 bits per heavy atom. The number of rotatable bonds is 6. The Labute approximate surface area is 152 Å². The van der Waals surface area contributed by atoms with E-state index in [1.807, 2.05) is 6.07 Å². The van der Waals surface area contributed by atoms with Gasteiger partial charge < -0.3 is 10.1 Å². The number of carbonyl (C=O) groups is 1. The first-order chi connectivity index (χ1) is 12.3. The lowest BCUT2D eigenvalue weighted by molar-refractivity contribution is -0.122. The number of hydrogen-bond acceptors (Lipinski definition) is 5. The zero-order chi connectivity index (χ0) is 19.3. The summed E-state index contributed by atoms with van der Waals surface area (Å²) in [6, 6.07) is 13.0. The molecule has 2 rings (SSSR count). The van der Waals surface area contributed by atoms with Gasteiger partial charge in [-0.1, -0.05) is 6.07 Å². The molecule has 0 spiro atoms. The molecule has 1 atom stereocenters. The number of carbonyl (C=O) groups excluding carboxylic acids is 1. The SMILES string of the molecule is CNS(=O)(=O)c1cc(NC(=O)C(C)Oc2ccc(C#N)cc2)ccc1C. The summed E-state index contributed by atoms with van der Waals surface area (Å²) in [5.41, 5.74) is 1.41. The Kier molecular flexibility index (Phi) is 5.97. The van der Waals surface area contributed by atoms with Gasteiger partial charge in [0.05, 0.1) is 16.5 Å². The monoisotopic (exact) mass is 373 g/mol. The number of aryl methyl sites for hydroxylation is 1. The van der Waals surface area contributed by atoms with E-state index in [4.69, 9.17) is 10.00 Å². The average molecular weight is 373 g/mol. The number of nitrogens with zero attached hydrogens (tertiary/aromatic N) is 1. The summed E-state index contributed by atoms with van der Waals surface area (Å²) >= 11 is 0. The Morgan fingerprint density at radius 2 is 1.85 bits per heavy atom. The van der Waals surface area contributed by atoms with Crippen LogP contribution in [0.5, 0.6) is 5.75 Å². The molecule has 0 bridgehead atoms. The molecule has 8 heteroatoms. The van der Waals surface area contributed by atoms with Crippen molar-refractivity contribution in [2.45, 2.75) is 24.8 Å². The van der Waals surface area contributed by atoms with Crippen molar-refractivity contribution in [3.05, 3.63) is 53.6 Å². The fraction of sp³-hybridized carbons (Fsp3) is 0.222. The topological polar surface area (TPSA) is 108 Å². The van der Waals surface area contributed by atoms with Crippen molar-refractivity contribution in [2.75, 3.05) is 12.4 Å². The van der Waals surface area contributed by atoms with Gasteiger partial charge in [-0.05, 0) is 62.9 Å². The van der Waals surface area contributed by atoms with Crippen molar-refractivity contribution in [3.63, 3.8) is 0 Å². The number of amides is 1. The molecule has 0 saturated heterocycles. The average Bonchev–Trinajstić information content (AvgIpc) is 2.63. The molecule has 1 unspecified atom stereocenters. The van der Waals surface area contributed by atoms with Gasteiger partial charge in [-0.15, -0.1) is 0 Å². The second kappa shape index (κ2) is 7.99. The Hall–Kier alpha value is -2.89. The lowest BCUT2D eigenvalue weighted by atomic mass is 10.2. The molecule has 136 valence electrons. The number of benzene rings is 2. The number of ether oxygens (including phenoxy) is 1. The van der Waals surface area contributed by atoms with Gasteiger partial charge in [0, 0.05) is 5.69 Å². The number of hydrogen-bond donors (Lipinski definition) is 2. The van der Waals surface area contributed by atoms with Crippen molar-refractivity contribution in [3.8, 4) is 11.8 Å². The first kappa shape index (κ1) is 19.4. The zero-order valence-electron chi connectivity index (χ0n) is 14.6. The normalized spacial score (nSPS) is 12.1. The van der Waals surface area contributed by atoms with Gasteiger partial charge in [-0.2, -0.15) is 5.26 Å². The quantitative estimate of drug-likeness (QED) is 0.807. The van der Waals surface area contributed by atoms with E-state index in [2.05, 4.69) is 10.0 Å². The van der Waals surface area contributed by atoms with Crippen LogP contribution in [0.25, 0.3) is 0 Å². The van der Waals surface area contributed by atoms with Crippen molar-refractivity contribution in [1.29, 1.82) is 5.26 Å². The number of nitriles is 1. The minimum absolute atomic E-state index is 0.0958. The van der Waals surface area contributed by atoms with E-state index in [0.29, 0.717) is 22.6 Å². The summed E-state index contributed by atoms with van der Waals surface area (Å²) in [5.74, 6) is 0.0278. The Balaban J connectivity index is 2.11. The maximum Gasteiger partial charge on any atom is 0.265 e. The van der Waals surface area contributed by atoms with Crippen LogP contribution in [0.2, 0.25) is 0 Å². The summed E-state index contributed by atoms with van der Waals surface area (Å²) < 4.78 is 31.8. The molecular weight excluding hydrogens is 354 g/mol. The predicted molar refractivity (Wildman–Crippen MR) is 97.3 cm³/mol. The molecule has 0 fully saturated rings. The van der Waals surface area contributed by atoms with Gasteiger partial charge >= 0.3 is 0 Å². The van der Waals surface area contributed by atoms with Gasteiger partial charge in [0.15, 0.2) is 6.10 Å². The van der Waals surface area contributed by atoms with Crippen molar-refractivity contribution in [2.24, 2.45) is 0 Å². The highest BCUT2D eigenvalue weighted by Crippen LogP contribution is 2.20. The van der Waals surface area contributed by atoms with E-state index < -0.39 is 22.0 Å². The van der Waals surface area contributed by atoms with Gasteiger partial charge in [-0.3, -0.25) is 4.79 Å². The van der Waals surface area contributed by atoms with Crippen LogP contribution in [0, 0.1) is 18.3 Å². The van der Waals surface area contributed by atoms with Crippen LogP contribution >= 0.6 is 0 Å². The van der Waals surface area contributed by atoms with Crippen LogP contribution in [-0.4, -0.2) is 27.5 Å². The summed E-state index contributed by atoms with van der Waals surface area (Å²) in [4.78, 5) is 12.4. The fourth-order valence-corrected chi connectivity index (χ4v) is 3.18. The van der Waals surface area contributed by atoms with Crippen molar-refractivity contribution in [1.82, 2.24) is 4.72 Å². The minimum Gasteiger partial charge on any atom is -0.481 e. The second-order valence-electron chi connectivity index (χ2n) is 5.57. The third-order valence-electron chi connectivity index (χ3n) is 3.68. The van der Waals surface area contributed by atoms with Gasteiger partial charge in [-0.25, -0.2) is 13.1 Å². The lowest BCUT2D eigenvalue weighted by Gasteiger charge is -2.15. The molecule has 0 radical (unpaired) electrons. The van der Waals surface area contributed by atoms with Crippen LogP contribution in [0.1, 0.15) is 18.1 Å². The molecule has 0 aliphatic heterocycles. The highest BCUT2D eigenvalue weighted by atomic mass is 32.2. The maximum absolute atomic E-state index is 12.3.